The number of hydrogen-bond acceptors (Lipinski definition) is 4. The summed E-state index contributed by atoms with van der Waals surface area (Å²) in [5.41, 5.74) is 3.13. The number of anilines is 1. The minimum absolute atomic E-state index is 0.0208. The molecule has 0 saturated heterocycles. The molecule has 0 atom stereocenters. The van der Waals surface area contributed by atoms with Crippen molar-refractivity contribution in [3.63, 3.8) is 0 Å². The molecule has 1 aliphatic rings. The summed E-state index contributed by atoms with van der Waals surface area (Å²) >= 11 is 6.19. The molecule has 4 rings (SSSR count). The van der Waals surface area contributed by atoms with Crippen molar-refractivity contribution in [2.45, 2.75) is 38.6 Å². The maximum absolute atomic E-state index is 12.9. The van der Waals surface area contributed by atoms with Crippen molar-refractivity contribution in [2.24, 2.45) is 0 Å². The molecule has 0 bridgehead atoms. The highest BCUT2D eigenvalue weighted by Crippen LogP contribution is 2.39. The van der Waals surface area contributed by atoms with Crippen LogP contribution in [0.25, 0.3) is 11.3 Å². The minimum atomic E-state index is -0.345. The van der Waals surface area contributed by atoms with Crippen LogP contribution < -0.4 is 10.6 Å². The highest BCUT2D eigenvalue weighted by molar-refractivity contribution is 6.31. The van der Waals surface area contributed by atoms with Crippen molar-refractivity contribution in [3.05, 3.63) is 64.8 Å². The Balaban J connectivity index is 1.60. The SMILES string of the molecule is CC(=O)Nc1ccc(-c2cc(C3CCC3)n(C(=O)NCc3ccccc3Cl)n2)c(O)c1. The predicted octanol–water partition coefficient (Wildman–Crippen LogP) is 4.89. The molecule has 1 heterocycles. The second kappa shape index (κ2) is 8.81. The fourth-order valence-corrected chi connectivity index (χ4v) is 3.80. The summed E-state index contributed by atoms with van der Waals surface area (Å²) in [7, 11) is 0. The first-order chi connectivity index (χ1) is 14.9. The van der Waals surface area contributed by atoms with Crippen molar-refractivity contribution in [2.75, 3.05) is 5.32 Å². The summed E-state index contributed by atoms with van der Waals surface area (Å²) in [6.45, 7) is 1.69. The highest BCUT2D eigenvalue weighted by atomic mass is 35.5. The molecule has 31 heavy (non-hydrogen) atoms. The number of halogens is 1. The maximum atomic E-state index is 12.9. The van der Waals surface area contributed by atoms with Gasteiger partial charge in [0, 0.05) is 41.7 Å². The third-order valence-corrected chi connectivity index (χ3v) is 5.80. The molecule has 0 radical (unpaired) electrons. The van der Waals surface area contributed by atoms with Crippen LogP contribution in [0.3, 0.4) is 0 Å². The predicted molar refractivity (Wildman–Crippen MR) is 119 cm³/mol. The van der Waals surface area contributed by atoms with Crippen molar-refractivity contribution in [1.29, 1.82) is 0 Å². The highest BCUT2D eigenvalue weighted by Gasteiger charge is 2.27. The first kappa shape index (κ1) is 20.9. The molecule has 1 aliphatic carbocycles. The van der Waals surface area contributed by atoms with E-state index in [1.807, 2.05) is 24.3 Å². The van der Waals surface area contributed by atoms with Crippen LogP contribution in [0, 0.1) is 0 Å². The smallest absolute Gasteiger partial charge is 0.342 e. The molecule has 3 aromatic rings. The van der Waals surface area contributed by atoms with Crippen LogP contribution in [0.15, 0.2) is 48.5 Å². The molecule has 0 aliphatic heterocycles. The molecular formula is C23H23ClN4O3. The van der Waals surface area contributed by atoms with Crippen molar-refractivity contribution in [1.82, 2.24) is 15.1 Å². The lowest BCUT2D eigenvalue weighted by atomic mass is 9.82. The number of aromatic hydroxyl groups is 1. The average Bonchev–Trinajstić information content (AvgIpc) is 3.10. The van der Waals surface area contributed by atoms with E-state index in [9.17, 15) is 14.7 Å². The second-order valence-electron chi connectivity index (χ2n) is 7.66. The minimum Gasteiger partial charge on any atom is -0.507 e. The Bertz CT molecular complexity index is 1140. The van der Waals surface area contributed by atoms with E-state index < -0.39 is 0 Å². The van der Waals surface area contributed by atoms with E-state index in [0.717, 1.165) is 30.5 Å². The molecule has 8 heteroatoms. The number of benzene rings is 2. The first-order valence-electron chi connectivity index (χ1n) is 10.1. The fraction of sp³-hybridized carbons (Fsp3) is 0.261. The molecule has 1 aromatic heterocycles. The molecule has 7 nitrogen and oxygen atoms in total. The van der Waals surface area contributed by atoms with Crippen molar-refractivity contribution < 1.29 is 14.7 Å². The quantitative estimate of drug-likeness (QED) is 0.528. The first-order valence-corrected chi connectivity index (χ1v) is 10.5. The van der Waals surface area contributed by atoms with Crippen LogP contribution in [0.2, 0.25) is 5.02 Å². The number of phenolic OH excluding ortho intramolecular Hbond substituents is 1. The van der Waals surface area contributed by atoms with Gasteiger partial charge in [-0.15, -0.1) is 0 Å². The molecule has 0 unspecified atom stereocenters. The molecule has 2 aromatic carbocycles. The summed E-state index contributed by atoms with van der Waals surface area (Å²) in [5, 5.41) is 21.1. The standard InChI is InChI=1S/C23H23ClN4O3/c1-14(29)26-17-9-10-18(22(30)11-17)20-12-21(15-6-4-7-15)28(27-20)23(31)25-13-16-5-2-3-8-19(16)24/h2-3,5,8-12,15,30H,4,6-7,13H2,1H3,(H,25,31)(H,26,29). The normalized spacial score (nSPS) is 13.5. The lowest BCUT2D eigenvalue weighted by Gasteiger charge is -2.25. The van der Waals surface area contributed by atoms with Crippen LogP contribution in [0.1, 0.15) is 43.4 Å². The van der Waals surface area contributed by atoms with Crippen LogP contribution in [0.5, 0.6) is 5.75 Å². The van der Waals surface area contributed by atoms with Crippen LogP contribution in [-0.4, -0.2) is 26.8 Å². The van der Waals surface area contributed by atoms with E-state index in [-0.39, 0.29) is 30.2 Å². The van der Waals surface area contributed by atoms with E-state index >= 15 is 0 Å². The topological polar surface area (TPSA) is 96.3 Å². The zero-order chi connectivity index (χ0) is 22.0. The molecule has 0 spiro atoms. The largest absolute Gasteiger partial charge is 0.507 e. The number of phenols is 1. The van der Waals surface area contributed by atoms with Gasteiger partial charge in [0.1, 0.15) is 5.75 Å². The Morgan fingerprint density at radius 2 is 1.97 bits per heavy atom. The van der Waals surface area contributed by atoms with E-state index in [2.05, 4.69) is 15.7 Å². The zero-order valence-corrected chi connectivity index (χ0v) is 17.8. The van der Waals surface area contributed by atoms with Gasteiger partial charge in [-0.1, -0.05) is 36.2 Å². The summed E-state index contributed by atoms with van der Waals surface area (Å²) in [4.78, 5) is 24.2. The summed E-state index contributed by atoms with van der Waals surface area (Å²) < 4.78 is 1.39. The number of carbonyl (C=O) groups excluding carboxylic acids is 2. The van der Waals surface area contributed by atoms with Gasteiger partial charge in [-0.25, -0.2) is 4.79 Å². The number of amides is 2. The number of aromatic nitrogens is 2. The molecule has 160 valence electrons. The third-order valence-electron chi connectivity index (χ3n) is 5.43. The summed E-state index contributed by atoms with van der Waals surface area (Å²) in [6.07, 6.45) is 3.11. The van der Waals surface area contributed by atoms with Gasteiger partial charge < -0.3 is 15.7 Å². The molecule has 1 fully saturated rings. The lowest BCUT2D eigenvalue weighted by molar-refractivity contribution is -0.114. The lowest BCUT2D eigenvalue weighted by Crippen LogP contribution is -2.31. The number of nitrogens with one attached hydrogen (secondary N) is 2. The third kappa shape index (κ3) is 4.56. The Morgan fingerprint density at radius 1 is 1.19 bits per heavy atom. The number of rotatable bonds is 5. The van der Waals surface area contributed by atoms with E-state index in [0.29, 0.717) is 22.0 Å². The monoisotopic (exact) mass is 438 g/mol. The van der Waals surface area contributed by atoms with Crippen LogP contribution in [0.4, 0.5) is 10.5 Å². The molecular weight excluding hydrogens is 416 g/mol. The Kier molecular flexibility index (Phi) is 5.95. The number of hydrogen-bond donors (Lipinski definition) is 3. The van der Waals surface area contributed by atoms with Crippen LogP contribution in [-0.2, 0) is 11.3 Å². The molecule has 3 N–H and O–H groups in total. The van der Waals surface area contributed by atoms with Crippen molar-refractivity contribution in [3.8, 4) is 17.0 Å². The Labute approximate surface area is 185 Å². The van der Waals surface area contributed by atoms with Crippen molar-refractivity contribution >= 4 is 29.2 Å². The van der Waals surface area contributed by atoms with E-state index in [1.165, 1.54) is 17.7 Å². The Morgan fingerprint density at radius 3 is 2.61 bits per heavy atom. The van der Waals surface area contributed by atoms with Gasteiger partial charge in [-0.3, -0.25) is 4.79 Å². The maximum Gasteiger partial charge on any atom is 0.342 e. The Hall–Kier alpha value is -3.32. The van der Waals surface area contributed by atoms with Gasteiger partial charge in [0.15, 0.2) is 0 Å². The van der Waals surface area contributed by atoms with Gasteiger partial charge in [0.2, 0.25) is 5.91 Å². The number of carbonyl (C=O) groups is 2. The second-order valence-corrected chi connectivity index (χ2v) is 8.06. The zero-order valence-electron chi connectivity index (χ0n) is 17.1. The van der Waals surface area contributed by atoms with Crippen LogP contribution >= 0.6 is 11.6 Å². The molecule has 1 saturated carbocycles. The number of nitrogens with zero attached hydrogens (tertiary/aromatic N) is 2. The van der Waals surface area contributed by atoms with E-state index in [4.69, 9.17) is 11.6 Å². The average molecular weight is 439 g/mol. The fourth-order valence-electron chi connectivity index (χ4n) is 3.60. The summed E-state index contributed by atoms with van der Waals surface area (Å²) in [6, 6.07) is 13.7. The van der Waals surface area contributed by atoms with Gasteiger partial charge in [-0.05, 0) is 42.7 Å². The van der Waals surface area contributed by atoms with Gasteiger partial charge in [0.05, 0.1) is 11.4 Å². The molecule has 2 amide bonds. The van der Waals surface area contributed by atoms with Gasteiger partial charge in [-0.2, -0.15) is 9.78 Å². The summed E-state index contributed by atoms with van der Waals surface area (Å²) in [5.74, 6) is 0.0135. The van der Waals surface area contributed by atoms with Gasteiger partial charge in [0.25, 0.3) is 0 Å². The van der Waals surface area contributed by atoms with E-state index in [1.54, 1.807) is 18.2 Å². The van der Waals surface area contributed by atoms with Gasteiger partial charge >= 0.3 is 6.03 Å².